The summed E-state index contributed by atoms with van der Waals surface area (Å²) in [4.78, 5) is 5.76. The second-order valence-electron chi connectivity index (χ2n) is 6.46. The lowest BCUT2D eigenvalue weighted by Crippen LogP contribution is -2.47. The smallest absolute Gasteiger partial charge is 0.193 e. The summed E-state index contributed by atoms with van der Waals surface area (Å²) in [5.74, 6) is 1.52. The summed E-state index contributed by atoms with van der Waals surface area (Å²) in [5, 5.41) is 2.07. The van der Waals surface area contributed by atoms with Crippen molar-refractivity contribution in [3.63, 3.8) is 0 Å². The average molecular weight is 277 g/mol. The lowest BCUT2D eigenvalue weighted by atomic mass is 9.70. The Balaban J connectivity index is 1.75. The highest BCUT2D eigenvalue weighted by Gasteiger charge is 2.34. The van der Waals surface area contributed by atoms with Gasteiger partial charge in [0.15, 0.2) is 4.96 Å². The fourth-order valence-electron chi connectivity index (χ4n) is 3.39. The van der Waals surface area contributed by atoms with Crippen LogP contribution < -0.4 is 5.73 Å². The fourth-order valence-corrected chi connectivity index (χ4v) is 4.11. The van der Waals surface area contributed by atoms with Gasteiger partial charge >= 0.3 is 0 Å². The minimum Gasteiger partial charge on any atom is -0.325 e. The summed E-state index contributed by atoms with van der Waals surface area (Å²) < 4.78 is 2.10. The van der Waals surface area contributed by atoms with Crippen LogP contribution in [-0.4, -0.2) is 14.9 Å². The molecule has 1 saturated carbocycles. The van der Waals surface area contributed by atoms with Crippen molar-refractivity contribution in [2.45, 2.75) is 51.5 Å². The third-order valence-electron chi connectivity index (χ3n) is 4.54. The zero-order chi connectivity index (χ0) is 13.5. The van der Waals surface area contributed by atoms with Crippen LogP contribution in [0.1, 0.15) is 45.2 Å². The Labute approximate surface area is 118 Å². The van der Waals surface area contributed by atoms with E-state index < -0.39 is 0 Å². The van der Waals surface area contributed by atoms with Crippen LogP contribution in [0.3, 0.4) is 0 Å². The molecular formula is C15H23N3S. The summed E-state index contributed by atoms with van der Waals surface area (Å²) in [6.45, 7) is 4.64. The monoisotopic (exact) mass is 277 g/mol. The Hall–Kier alpha value is -0.870. The largest absolute Gasteiger partial charge is 0.325 e. The van der Waals surface area contributed by atoms with Crippen molar-refractivity contribution in [3.8, 4) is 0 Å². The molecule has 4 heteroatoms. The molecule has 0 aliphatic heterocycles. The van der Waals surface area contributed by atoms with Crippen LogP contribution in [0.25, 0.3) is 4.96 Å². The standard InChI is InChI=1S/C15H23N3S/c1-11(2)12-4-3-5-15(16,8-12)9-13-10-18-6-7-19-14(18)17-13/h6-7,10-12H,3-5,8-9,16H2,1-2H3. The summed E-state index contributed by atoms with van der Waals surface area (Å²) in [6.07, 6.45) is 10.0. The second kappa shape index (κ2) is 4.91. The molecule has 2 atom stereocenters. The molecular weight excluding hydrogens is 254 g/mol. The number of aromatic nitrogens is 2. The molecule has 2 aromatic heterocycles. The van der Waals surface area contributed by atoms with Gasteiger partial charge in [0.1, 0.15) is 0 Å². The van der Waals surface area contributed by atoms with E-state index in [9.17, 15) is 0 Å². The van der Waals surface area contributed by atoms with Crippen molar-refractivity contribution in [1.29, 1.82) is 0 Å². The predicted octanol–water partition coefficient (Wildman–Crippen LogP) is 3.48. The lowest BCUT2D eigenvalue weighted by molar-refractivity contribution is 0.182. The minimum atomic E-state index is -0.0444. The predicted molar refractivity (Wildman–Crippen MR) is 80.5 cm³/mol. The number of hydrogen-bond acceptors (Lipinski definition) is 3. The number of hydrogen-bond donors (Lipinski definition) is 1. The molecule has 1 aliphatic rings. The molecule has 3 nitrogen and oxygen atoms in total. The summed E-state index contributed by atoms with van der Waals surface area (Å²) in [5.41, 5.74) is 7.77. The van der Waals surface area contributed by atoms with Crippen LogP contribution in [0.2, 0.25) is 0 Å². The molecule has 1 fully saturated rings. The average Bonchev–Trinajstić information content (AvgIpc) is 2.88. The first-order valence-corrected chi connectivity index (χ1v) is 8.14. The van der Waals surface area contributed by atoms with Gasteiger partial charge in [0, 0.05) is 29.7 Å². The first kappa shape index (κ1) is 13.1. The van der Waals surface area contributed by atoms with Crippen LogP contribution in [0.15, 0.2) is 17.8 Å². The van der Waals surface area contributed by atoms with Gasteiger partial charge in [-0.2, -0.15) is 0 Å². The summed E-state index contributed by atoms with van der Waals surface area (Å²) in [6, 6.07) is 0. The molecule has 2 unspecified atom stereocenters. The first-order valence-electron chi connectivity index (χ1n) is 7.26. The molecule has 2 N–H and O–H groups in total. The van der Waals surface area contributed by atoms with Gasteiger partial charge in [0.2, 0.25) is 0 Å². The van der Waals surface area contributed by atoms with Crippen LogP contribution in [0.5, 0.6) is 0 Å². The van der Waals surface area contributed by atoms with E-state index in [1.54, 1.807) is 11.3 Å². The number of rotatable bonds is 3. The van der Waals surface area contributed by atoms with E-state index in [1.807, 2.05) is 0 Å². The molecule has 0 aromatic carbocycles. The molecule has 0 bridgehead atoms. The summed E-state index contributed by atoms with van der Waals surface area (Å²) in [7, 11) is 0. The highest BCUT2D eigenvalue weighted by atomic mass is 32.1. The SMILES string of the molecule is CC(C)C1CCCC(N)(Cc2cn3ccsc3n2)C1. The summed E-state index contributed by atoms with van der Waals surface area (Å²) >= 11 is 1.69. The molecule has 1 aliphatic carbocycles. The van der Waals surface area contributed by atoms with Gasteiger partial charge in [0.05, 0.1) is 5.69 Å². The van der Waals surface area contributed by atoms with E-state index in [0.29, 0.717) is 0 Å². The highest BCUT2D eigenvalue weighted by molar-refractivity contribution is 7.15. The van der Waals surface area contributed by atoms with E-state index in [1.165, 1.54) is 12.8 Å². The van der Waals surface area contributed by atoms with Crippen LogP contribution in [-0.2, 0) is 6.42 Å². The normalized spacial score (nSPS) is 28.3. The van der Waals surface area contributed by atoms with Gasteiger partial charge in [-0.3, -0.25) is 4.40 Å². The zero-order valence-corrected chi connectivity index (χ0v) is 12.6. The molecule has 3 rings (SSSR count). The van der Waals surface area contributed by atoms with Gasteiger partial charge in [-0.1, -0.05) is 26.7 Å². The van der Waals surface area contributed by atoms with E-state index in [2.05, 4.69) is 41.0 Å². The second-order valence-corrected chi connectivity index (χ2v) is 7.34. The Bertz CT molecular complexity index is 528. The number of fused-ring (bicyclic) bond motifs is 1. The molecule has 104 valence electrons. The van der Waals surface area contributed by atoms with Gasteiger partial charge in [-0.25, -0.2) is 4.98 Å². The third kappa shape index (κ3) is 2.70. The maximum atomic E-state index is 6.66. The number of nitrogens with two attached hydrogens (primary N) is 1. The molecule has 0 amide bonds. The van der Waals surface area contributed by atoms with Gasteiger partial charge in [-0.05, 0) is 24.7 Å². The molecule has 19 heavy (non-hydrogen) atoms. The van der Waals surface area contributed by atoms with Crippen molar-refractivity contribution in [2.24, 2.45) is 17.6 Å². The van der Waals surface area contributed by atoms with Crippen molar-refractivity contribution in [3.05, 3.63) is 23.5 Å². The Morgan fingerprint density at radius 3 is 3.16 bits per heavy atom. The first-order chi connectivity index (χ1) is 9.06. The van der Waals surface area contributed by atoms with Crippen LogP contribution in [0, 0.1) is 11.8 Å². The third-order valence-corrected chi connectivity index (χ3v) is 5.31. The van der Waals surface area contributed by atoms with Crippen LogP contribution >= 0.6 is 11.3 Å². The number of nitrogens with zero attached hydrogens (tertiary/aromatic N) is 2. The van der Waals surface area contributed by atoms with Crippen molar-refractivity contribution in [1.82, 2.24) is 9.38 Å². The minimum absolute atomic E-state index is 0.0444. The van der Waals surface area contributed by atoms with Gasteiger partial charge in [0.25, 0.3) is 0 Å². The molecule has 2 heterocycles. The van der Waals surface area contributed by atoms with Crippen molar-refractivity contribution >= 4 is 16.3 Å². The molecule has 0 saturated heterocycles. The number of thiazole rings is 1. The van der Waals surface area contributed by atoms with E-state index in [0.717, 1.165) is 41.8 Å². The number of imidazole rings is 1. The molecule has 2 aromatic rings. The van der Waals surface area contributed by atoms with Crippen LogP contribution in [0.4, 0.5) is 0 Å². The van der Waals surface area contributed by atoms with E-state index in [4.69, 9.17) is 5.73 Å². The van der Waals surface area contributed by atoms with E-state index >= 15 is 0 Å². The fraction of sp³-hybridized carbons (Fsp3) is 0.667. The van der Waals surface area contributed by atoms with Crippen molar-refractivity contribution < 1.29 is 0 Å². The Morgan fingerprint density at radius 2 is 2.42 bits per heavy atom. The maximum absolute atomic E-state index is 6.66. The quantitative estimate of drug-likeness (QED) is 0.933. The van der Waals surface area contributed by atoms with E-state index in [-0.39, 0.29) is 5.54 Å². The zero-order valence-electron chi connectivity index (χ0n) is 11.8. The Kier molecular flexibility index (Phi) is 3.39. The molecule has 0 radical (unpaired) electrons. The Morgan fingerprint density at radius 1 is 1.58 bits per heavy atom. The topological polar surface area (TPSA) is 43.3 Å². The lowest BCUT2D eigenvalue weighted by Gasteiger charge is -2.39. The highest BCUT2D eigenvalue weighted by Crippen LogP contribution is 2.36. The maximum Gasteiger partial charge on any atom is 0.193 e. The molecule has 0 spiro atoms. The van der Waals surface area contributed by atoms with Crippen molar-refractivity contribution in [2.75, 3.05) is 0 Å². The van der Waals surface area contributed by atoms with Gasteiger partial charge < -0.3 is 5.73 Å². The van der Waals surface area contributed by atoms with Gasteiger partial charge in [-0.15, -0.1) is 11.3 Å².